The molecule has 5 N–H and O–H groups in total. The second kappa shape index (κ2) is 16.7. The van der Waals surface area contributed by atoms with Crippen LogP contribution < -0.4 is 10.6 Å². The fourth-order valence-corrected chi connectivity index (χ4v) is 8.35. The molecule has 4 atom stereocenters. The number of carbonyl (C=O) groups is 4. The number of rotatable bonds is 12. The summed E-state index contributed by atoms with van der Waals surface area (Å²) in [7, 11) is 1.30. The molecule has 5 aromatic rings. The summed E-state index contributed by atoms with van der Waals surface area (Å²) in [5.41, 5.74) is 7.51. The first-order valence-electron chi connectivity index (χ1n) is 19.9. The maximum Gasteiger partial charge on any atom is 0.407 e. The van der Waals surface area contributed by atoms with Crippen molar-refractivity contribution >= 4 is 46.1 Å². The van der Waals surface area contributed by atoms with Gasteiger partial charge in [-0.05, 0) is 96.9 Å². The number of aromatic nitrogens is 4. The number of nitrogens with zero attached hydrogens (tertiary/aromatic N) is 4. The summed E-state index contributed by atoms with van der Waals surface area (Å²) in [6.07, 6.45) is 2.32. The molecule has 14 heteroatoms. The average Bonchev–Trinajstić information content (AvgIpc) is 4.01. The maximum absolute atomic E-state index is 13.7. The first-order chi connectivity index (χ1) is 27.4. The zero-order chi connectivity index (χ0) is 40.4. The molecule has 3 aromatic carbocycles. The van der Waals surface area contributed by atoms with Gasteiger partial charge in [0.1, 0.15) is 23.7 Å². The van der Waals surface area contributed by atoms with Gasteiger partial charge in [0.2, 0.25) is 11.8 Å². The van der Waals surface area contributed by atoms with Crippen molar-refractivity contribution in [3.05, 3.63) is 72.3 Å². The molecule has 0 aliphatic carbocycles. The molecule has 14 nitrogen and oxygen atoms in total. The third-order valence-corrected chi connectivity index (χ3v) is 11.0. The lowest BCUT2D eigenvalue weighted by molar-refractivity contribution is -0.135. The predicted molar refractivity (Wildman–Crippen MR) is 217 cm³/mol. The highest BCUT2D eigenvalue weighted by molar-refractivity contribution is 5.88. The van der Waals surface area contributed by atoms with Crippen LogP contribution in [0.25, 0.3) is 44.3 Å². The Morgan fingerprint density at radius 1 is 0.702 bits per heavy atom. The van der Waals surface area contributed by atoms with Crippen molar-refractivity contribution in [2.75, 3.05) is 20.2 Å². The van der Waals surface area contributed by atoms with E-state index in [1.807, 2.05) is 50.8 Å². The van der Waals surface area contributed by atoms with Crippen LogP contribution in [0, 0.1) is 11.8 Å². The van der Waals surface area contributed by atoms with E-state index in [4.69, 9.17) is 14.7 Å². The molecule has 0 bridgehead atoms. The number of likely N-dealkylation sites (tertiary alicyclic amines) is 2. The van der Waals surface area contributed by atoms with Crippen LogP contribution in [0.1, 0.15) is 90.0 Å². The zero-order valence-electron chi connectivity index (χ0n) is 33.2. The summed E-state index contributed by atoms with van der Waals surface area (Å²) in [5, 5.41) is 14.5. The molecule has 2 aliphatic rings. The van der Waals surface area contributed by atoms with Crippen molar-refractivity contribution in [2.45, 2.75) is 90.4 Å². The molecule has 0 spiro atoms. The molecular formula is C43H52N8O6. The van der Waals surface area contributed by atoms with E-state index in [-0.39, 0.29) is 35.7 Å². The summed E-state index contributed by atoms with van der Waals surface area (Å²) in [5.74, 6) is 1.46. The van der Waals surface area contributed by atoms with E-state index < -0.39 is 24.3 Å². The fourth-order valence-electron chi connectivity index (χ4n) is 8.35. The van der Waals surface area contributed by atoms with Crippen LogP contribution in [0.5, 0.6) is 0 Å². The van der Waals surface area contributed by atoms with E-state index in [1.165, 1.54) is 7.11 Å². The van der Waals surface area contributed by atoms with Gasteiger partial charge in [0.25, 0.3) is 0 Å². The van der Waals surface area contributed by atoms with Crippen LogP contribution in [0.3, 0.4) is 0 Å². The van der Waals surface area contributed by atoms with Gasteiger partial charge in [-0.25, -0.2) is 19.6 Å². The second-order valence-electron chi connectivity index (χ2n) is 16.1. The molecule has 0 saturated carbocycles. The lowest BCUT2D eigenvalue weighted by atomic mass is 10.00. The number of ether oxygens (including phenoxy) is 1. The molecular weight excluding hydrogens is 725 g/mol. The number of imidazole rings is 2. The Balaban J connectivity index is 1.06. The van der Waals surface area contributed by atoms with Gasteiger partial charge in [-0.1, -0.05) is 64.1 Å². The van der Waals surface area contributed by atoms with E-state index in [9.17, 15) is 24.3 Å². The van der Waals surface area contributed by atoms with E-state index >= 15 is 0 Å². The van der Waals surface area contributed by atoms with Crippen molar-refractivity contribution in [3.63, 3.8) is 0 Å². The van der Waals surface area contributed by atoms with Crippen molar-refractivity contribution in [2.24, 2.45) is 11.8 Å². The highest BCUT2D eigenvalue weighted by Gasteiger charge is 2.38. The molecule has 2 aliphatic heterocycles. The monoisotopic (exact) mass is 776 g/mol. The summed E-state index contributed by atoms with van der Waals surface area (Å²) in [6.45, 7) is 9.14. The minimum Gasteiger partial charge on any atom is -0.465 e. The van der Waals surface area contributed by atoms with Gasteiger partial charge in [0, 0.05) is 13.1 Å². The number of amides is 4. The lowest BCUT2D eigenvalue weighted by Crippen LogP contribution is -2.49. The number of carbonyl (C=O) groups excluding carboxylic acids is 3. The van der Waals surface area contributed by atoms with Gasteiger partial charge in [-0.15, -0.1) is 0 Å². The van der Waals surface area contributed by atoms with Crippen LogP contribution in [-0.2, 0) is 14.3 Å². The minimum absolute atomic E-state index is 0.125. The van der Waals surface area contributed by atoms with Gasteiger partial charge in [-0.2, -0.15) is 0 Å². The van der Waals surface area contributed by atoms with E-state index in [0.29, 0.717) is 31.8 Å². The summed E-state index contributed by atoms with van der Waals surface area (Å²) >= 11 is 0. The molecule has 4 heterocycles. The molecule has 4 amide bonds. The third-order valence-electron chi connectivity index (χ3n) is 11.0. The molecule has 2 saturated heterocycles. The Hall–Kier alpha value is -5.92. The first-order valence-corrected chi connectivity index (χ1v) is 19.9. The standard InChI is InChI=1S/C43H52N8O6/c1-24(2)20-34(48-42(54)55)40(52)50-18-6-8-36(50)38-44-30-16-14-28(22-32(30)46-38)26-10-12-27(13-11-26)29-15-17-31-33(23-29)47-39(45-31)37-9-7-19-51(37)41(53)35(21-25(3)4)49-43(56)57-5/h10-17,22-25,34-37,48H,6-9,18-21H2,1-5H3,(H,44,46)(H,45,47)(H,49,56)(H,54,55)/t34-,35-,36-,37-/m0/s1. The van der Waals surface area contributed by atoms with Crippen LogP contribution in [-0.4, -0.2) is 91.1 Å². The Kier molecular flexibility index (Phi) is 11.5. The number of nitrogens with one attached hydrogen (secondary N) is 4. The number of aromatic amines is 2. The number of alkyl carbamates (subject to hydrolysis) is 1. The van der Waals surface area contributed by atoms with Crippen LogP contribution in [0.15, 0.2) is 60.7 Å². The summed E-state index contributed by atoms with van der Waals surface area (Å²) < 4.78 is 4.80. The molecule has 2 fully saturated rings. The normalized spacial score (nSPS) is 18.1. The van der Waals surface area contributed by atoms with E-state index in [0.717, 1.165) is 75.8 Å². The fraction of sp³-hybridized carbons (Fsp3) is 0.442. The highest BCUT2D eigenvalue weighted by Crippen LogP contribution is 2.36. The first kappa shape index (κ1) is 39.3. The molecule has 0 unspecified atom stereocenters. The Labute approximate surface area is 331 Å². The smallest absolute Gasteiger partial charge is 0.407 e. The van der Waals surface area contributed by atoms with Crippen molar-refractivity contribution in [1.29, 1.82) is 0 Å². The number of hydrogen-bond donors (Lipinski definition) is 5. The molecule has 57 heavy (non-hydrogen) atoms. The Morgan fingerprint density at radius 2 is 1.12 bits per heavy atom. The predicted octanol–water partition coefficient (Wildman–Crippen LogP) is 7.55. The number of benzene rings is 3. The molecule has 2 aromatic heterocycles. The lowest BCUT2D eigenvalue weighted by Gasteiger charge is -2.29. The van der Waals surface area contributed by atoms with Crippen LogP contribution in [0.4, 0.5) is 9.59 Å². The van der Waals surface area contributed by atoms with Crippen molar-refractivity contribution in [3.8, 4) is 22.3 Å². The van der Waals surface area contributed by atoms with E-state index in [2.05, 4.69) is 63.1 Å². The number of carboxylic acid groups (broad SMARTS) is 1. The van der Waals surface area contributed by atoms with Crippen molar-refractivity contribution in [1.82, 2.24) is 40.4 Å². The molecule has 7 rings (SSSR count). The topological polar surface area (TPSA) is 186 Å². The van der Waals surface area contributed by atoms with Gasteiger partial charge >= 0.3 is 12.2 Å². The molecule has 300 valence electrons. The largest absolute Gasteiger partial charge is 0.465 e. The Bertz CT molecular complexity index is 2260. The van der Waals surface area contributed by atoms with Gasteiger partial charge in [-0.3, -0.25) is 9.59 Å². The number of hydrogen-bond acceptors (Lipinski definition) is 7. The maximum atomic E-state index is 13.7. The number of methoxy groups -OCH3 is 1. The van der Waals surface area contributed by atoms with Gasteiger partial charge in [0.05, 0.1) is 41.3 Å². The van der Waals surface area contributed by atoms with E-state index in [1.54, 1.807) is 4.90 Å². The van der Waals surface area contributed by atoms with Crippen LogP contribution in [0.2, 0.25) is 0 Å². The van der Waals surface area contributed by atoms with Gasteiger partial charge < -0.3 is 40.2 Å². The minimum atomic E-state index is -1.20. The Morgan fingerprint density at radius 3 is 1.53 bits per heavy atom. The number of fused-ring (bicyclic) bond motifs is 2. The average molecular weight is 777 g/mol. The second-order valence-corrected chi connectivity index (χ2v) is 16.1. The zero-order valence-corrected chi connectivity index (χ0v) is 33.2. The quantitative estimate of drug-likeness (QED) is 0.0860. The van der Waals surface area contributed by atoms with Gasteiger partial charge in [0.15, 0.2) is 0 Å². The van der Waals surface area contributed by atoms with Crippen molar-refractivity contribution < 1.29 is 29.0 Å². The summed E-state index contributed by atoms with van der Waals surface area (Å²) in [6, 6.07) is 18.7. The number of H-pyrrole nitrogens is 2. The highest BCUT2D eigenvalue weighted by atomic mass is 16.5. The molecule has 0 radical (unpaired) electrons. The third kappa shape index (κ3) is 8.59. The SMILES string of the molecule is COC(=O)N[C@@H](CC(C)C)C(=O)N1CCC[C@H]1c1nc2ccc(-c3ccc(-c4ccc5nc([C@@H]6CCCN6C(=O)[C@H](CC(C)C)NC(=O)O)[nH]c5c4)cc3)cc2[nH]1. The summed E-state index contributed by atoms with van der Waals surface area (Å²) in [4.78, 5) is 71.1. The van der Waals surface area contributed by atoms with Crippen LogP contribution >= 0.6 is 0 Å².